The lowest BCUT2D eigenvalue weighted by molar-refractivity contribution is -0.142. The molecule has 1 saturated heterocycles. The quantitative estimate of drug-likeness (QED) is 0.308. The second kappa shape index (κ2) is 12.6. The van der Waals surface area contributed by atoms with Crippen LogP contribution >= 0.6 is 0 Å². The zero-order chi connectivity index (χ0) is 27.9. The lowest BCUT2D eigenvalue weighted by atomic mass is 10.0. The molecule has 3 aromatic carbocycles. The number of nitrogens with one attached hydrogen (secondary N) is 1. The van der Waals surface area contributed by atoms with Gasteiger partial charge in [-0.1, -0.05) is 41.6 Å². The Labute approximate surface area is 232 Å². The molecule has 2 amide bonds. The van der Waals surface area contributed by atoms with Gasteiger partial charge in [-0.05, 0) is 60.4 Å². The first-order chi connectivity index (χ1) is 19.6. The van der Waals surface area contributed by atoms with E-state index >= 15 is 0 Å². The summed E-state index contributed by atoms with van der Waals surface area (Å²) in [4.78, 5) is 29.5. The molecule has 2 atom stereocenters. The molecule has 0 radical (unpaired) electrons. The van der Waals surface area contributed by atoms with Crippen molar-refractivity contribution in [1.82, 2.24) is 25.2 Å². The summed E-state index contributed by atoms with van der Waals surface area (Å²) in [7, 11) is 3.19. The number of methoxy groups -OCH3 is 2. The highest BCUT2D eigenvalue weighted by molar-refractivity contribution is 5.89. The number of aromatic nitrogens is 3. The fraction of sp³-hybridized carbons (Fsp3) is 0.333. The summed E-state index contributed by atoms with van der Waals surface area (Å²) in [6.45, 7) is 1.18. The number of hydrogen-bond donors (Lipinski definition) is 1. The van der Waals surface area contributed by atoms with Crippen LogP contribution in [0.5, 0.6) is 11.5 Å². The monoisotopic (exact) mass is 543 g/mol. The number of carbonyl (C=O) groups excluding carboxylic acids is 2. The van der Waals surface area contributed by atoms with E-state index in [4.69, 9.17) is 14.2 Å². The number of fused-ring (bicyclic) bond motifs is 1. The maximum atomic E-state index is 14.1. The molecule has 2 heterocycles. The normalized spacial score (nSPS) is 15.5. The molecule has 40 heavy (non-hydrogen) atoms. The number of para-hydroxylation sites is 1. The Hall–Kier alpha value is -4.44. The van der Waals surface area contributed by atoms with Crippen LogP contribution in [0.25, 0.3) is 11.0 Å². The highest BCUT2D eigenvalue weighted by Gasteiger charge is 2.33. The summed E-state index contributed by atoms with van der Waals surface area (Å²) < 4.78 is 17.9. The van der Waals surface area contributed by atoms with Gasteiger partial charge in [-0.15, -0.1) is 5.10 Å². The molecular formula is C30H33N5O5. The van der Waals surface area contributed by atoms with Crippen LogP contribution in [-0.4, -0.2) is 65.2 Å². The summed E-state index contributed by atoms with van der Waals surface area (Å²) in [5.74, 6) is 0.798. The Kier molecular flexibility index (Phi) is 8.56. The van der Waals surface area contributed by atoms with E-state index in [9.17, 15) is 9.59 Å². The van der Waals surface area contributed by atoms with E-state index in [-0.39, 0.29) is 31.0 Å². The standard InChI is InChI=1S/C30H33N5O5/c1-38-23-13-9-21(10-14-23)19-34(28(36)20-35-27-8-4-3-7-26(27)32-33-35)29(22-11-15-24(39-2)16-12-22)30(37)31-18-25-6-5-17-40-25/h3-4,7-16,25,29H,5-6,17-20H2,1-2H3,(H,31,37)/t25-,29+/m1/s1. The van der Waals surface area contributed by atoms with Gasteiger partial charge in [0.2, 0.25) is 11.8 Å². The number of rotatable bonds is 11. The van der Waals surface area contributed by atoms with Gasteiger partial charge in [-0.25, -0.2) is 4.68 Å². The molecule has 0 aliphatic carbocycles. The predicted octanol–water partition coefficient (Wildman–Crippen LogP) is 3.51. The Morgan fingerprint density at radius 1 is 1.02 bits per heavy atom. The van der Waals surface area contributed by atoms with Gasteiger partial charge in [0.05, 0.1) is 25.8 Å². The summed E-state index contributed by atoms with van der Waals surface area (Å²) in [6, 6.07) is 21.2. The fourth-order valence-corrected chi connectivity index (χ4v) is 4.88. The molecule has 0 bridgehead atoms. The van der Waals surface area contributed by atoms with Crippen LogP contribution in [0.3, 0.4) is 0 Å². The van der Waals surface area contributed by atoms with Crippen molar-refractivity contribution in [3.05, 3.63) is 83.9 Å². The second-order valence-corrected chi connectivity index (χ2v) is 9.66. The summed E-state index contributed by atoms with van der Waals surface area (Å²) in [6.07, 6.45) is 1.82. The summed E-state index contributed by atoms with van der Waals surface area (Å²) >= 11 is 0. The number of amides is 2. The van der Waals surface area contributed by atoms with Crippen molar-refractivity contribution < 1.29 is 23.8 Å². The number of carbonyl (C=O) groups is 2. The molecule has 1 fully saturated rings. The Balaban J connectivity index is 1.49. The molecule has 1 aliphatic heterocycles. The molecule has 5 rings (SSSR count). The van der Waals surface area contributed by atoms with E-state index < -0.39 is 6.04 Å². The van der Waals surface area contributed by atoms with Crippen molar-refractivity contribution in [2.75, 3.05) is 27.4 Å². The Morgan fingerprint density at radius 2 is 1.73 bits per heavy atom. The Bertz CT molecular complexity index is 1430. The smallest absolute Gasteiger partial charge is 0.247 e. The van der Waals surface area contributed by atoms with Crippen LogP contribution < -0.4 is 14.8 Å². The SMILES string of the molecule is COc1ccc(CN(C(=O)Cn2nnc3ccccc32)[C@H](C(=O)NC[C@H]2CCCO2)c2ccc(OC)cc2)cc1. The molecule has 1 aliphatic rings. The van der Waals surface area contributed by atoms with Crippen LogP contribution in [0, 0.1) is 0 Å². The molecule has 10 nitrogen and oxygen atoms in total. The molecule has 0 spiro atoms. The van der Waals surface area contributed by atoms with E-state index in [0.29, 0.717) is 35.7 Å². The molecule has 4 aromatic rings. The van der Waals surface area contributed by atoms with Gasteiger partial charge in [0, 0.05) is 19.7 Å². The first kappa shape index (κ1) is 27.1. The van der Waals surface area contributed by atoms with E-state index in [0.717, 1.165) is 23.9 Å². The van der Waals surface area contributed by atoms with E-state index in [1.807, 2.05) is 60.7 Å². The van der Waals surface area contributed by atoms with Gasteiger partial charge in [-0.3, -0.25) is 9.59 Å². The highest BCUT2D eigenvalue weighted by atomic mass is 16.5. The summed E-state index contributed by atoms with van der Waals surface area (Å²) in [5, 5.41) is 11.4. The third kappa shape index (κ3) is 6.23. The number of nitrogens with zero attached hydrogens (tertiary/aromatic N) is 4. The van der Waals surface area contributed by atoms with Crippen molar-refractivity contribution in [2.45, 2.75) is 38.1 Å². The minimum absolute atomic E-state index is 0.0345. The predicted molar refractivity (Wildman–Crippen MR) is 149 cm³/mol. The zero-order valence-corrected chi connectivity index (χ0v) is 22.7. The van der Waals surface area contributed by atoms with Crippen LogP contribution in [0.2, 0.25) is 0 Å². The maximum Gasteiger partial charge on any atom is 0.247 e. The Morgan fingerprint density at radius 3 is 2.40 bits per heavy atom. The van der Waals surface area contributed by atoms with Gasteiger partial charge in [0.1, 0.15) is 29.6 Å². The first-order valence-corrected chi connectivity index (χ1v) is 13.3. The van der Waals surface area contributed by atoms with Gasteiger partial charge >= 0.3 is 0 Å². The maximum absolute atomic E-state index is 14.1. The van der Waals surface area contributed by atoms with Crippen molar-refractivity contribution in [3.63, 3.8) is 0 Å². The van der Waals surface area contributed by atoms with Crippen LogP contribution in [0.15, 0.2) is 72.8 Å². The molecule has 0 saturated carbocycles. The molecular weight excluding hydrogens is 510 g/mol. The lowest BCUT2D eigenvalue weighted by Crippen LogP contribution is -2.46. The van der Waals surface area contributed by atoms with Gasteiger partial charge in [0.15, 0.2) is 0 Å². The average molecular weight is 544 g/mol. The summed E-state index contributed by atoms with van der Waals surface area (Å²) in [5.41, 5.74) is 2.95. The lowest BCUT2D eigenvalue weighted by Gasteiger charge is -2.32. The fourth-order valence-electron chi connectivity index (χ4n) is 4.88. The number of benzene rings is 3. The third-order valence-electron chi connectivity index (χ3n) is 7.06. The first-order valence-electron chi connectivity index (χ1n) is 13.3. The minimum atomic E-state index is -0.906. The van der Waals surface area contributed by atoms with Crippen LogP contribution in [-0.2, 0) is 27.4 Å². The second-order valence-electron chi connectivity index (χ2n) is 9.66. The largest absolute Gasteiger partial charge is 0.497 e. The van der Waals surface area contributed by atoms with Crippen molar-refractivity contribution >= 4 is 22.8 Å². The van der Waals surface area contributed by atoms with Crippen molar-refractivity contribution in [1.29, 1.82) is 0 Å². The number of ether oxygens (including phenoxy) is 3. The minimum Gasteiger partial charge on any atom is -0.497 e. The van der Waals surface area contributed by atoms with Crippen LogP contribution in [0.4, 0.5) is 0 Å². The third-order valence-corrected chi connectivity index (χ3v) is 7.06. The molecule has 1 N–H and O–H groups in total. The molecule has 10 heteroatoms. The van der Waals surface area contributed by atoms with Gasteiger partial charge < -0.3 is 24.4 Å². The zero-order valence-electron chi connectivity index (χ0n) is 22.7. The van der Waals surface area contributed by atoms with E-state index in [2.05, 4.69) is 15.6 Å². The molecule has 1 aromatic heterocycles. The van der Waals surface area contributed by atoms with Crippen molar-refractivity contribution in [3.8, 4) is 11.5 Å². The van der Waals surface area contributed by atoms with Crippen LogP contribution in [0.1, 0.15) is 30.0 Å². The topological polar surface area (TPSA) is 108 Å². The number of hydrogen-bond acceptors (Lipinski definition) is 7. The van der Waals surface area contributed by atoms with Gasteiger partial charge in [0.25, 0.3) is 0 Å². The average Bonchev–Trinajstić information content (AvgIpc) is 3.67. The van der Waals surface area contributed by atoms with Crippen molar-refractivity contribution in [2.24, 2.45) is 0 Å². The molecule has 0 unspecified atom stereocenters. The highest BCUT2D eigenvalue weighted by Crippen LogP contribution is 2.27. The van der Waals surface area contributed by atoms with E-state index in [1.54, 1.807) is 35.9 Å². The van der Waals surface area contributed by atoms with E-state index in [1.165, 1.54) is 0 Å². The molecule has 208 valence electrons. The van der Waals surface area contributed by atoms with Gasteiger partial charge in [-0.2, -0.15) is 0 Å².